The molecule has 2 aliphatic rings. The van der Waals surface area contributed by atoms with Crippen molar-refractivity contribution >= 4 is 39.1 Å². The summed E-state index contributed by atoms with van der Waals surface area (Å²) in [4.78, 5) is 32.6. The summed E-state index contributed by atoms with van der Waals surface area (Å²) in [5.41, 5.74) is 3.25. The van der Waals surface area contributed by atoms with Gasteiger partial charge >= 0.3 is 0 Å². The first-order valence-electron chi connectivity index (χ1n) is 10.3. The minimum atomic E-state index is -1.29. The van der Waals surface area contributed by atoms with Crippen molar-refractivity contribution in [1.82, 2.24) is 9.88 Å². The van der Waals surface area contributed by atoms with Crippen molar-refractivity contribution in [2.45, 2.75) is 70.2 Å². The third-order valence-corrected chi connectivity index (χ3v) is 8.52. The Kier molecular flexibility index (Phi) is 5.57. The average molecular weight is 446 g/mol. The van der Waals surface area contributed by atoms with Crippen molar-refractivity contribution in [2.75, 3.05) is 5.32 Å². The quantitative estimate of drug-likeness (QED) is 0.717. The van der Waals surface area contributed by atoms with Crippen molar-refractivity contribution < 1.29 is 13.8 Å². The Balaban J connectivity index is 1.80. The van der Waals surface area contributed by atoms with Crippen molar-refractivity contribution in [1.29, 1.82) is 0 Å². The van der Waals surface area contributed by atoms with E-state index >= 15 is 0 Å². The second-order valence-corrected chi connectivity index (χ2v) is 11.5. The van der Waals surface area contributed by atoms with E-state index in [9.17, 15) is 13.8 Å². The molecule has 1 aromatic carbocycles. The fourth-order valence-electron chi connectivity index (χ4n) is 4.01. The van der Waals surface area contributed by atoms with Crippen molar-refractivity contribution in [3.8, 4) is 10.4 Å². The molecule has 8 heteroatoms. The number of rotatable bonds is 6. The lowest BCUT2D eigenvalue weighted by molar-refractivity contribution is -0.114. The van der Waals surface area contributed by atoms with Crippen molar-refractivity contribution in [2.24, 2.45) is 5.92 Å². The molecule has 0 radical (unpaired) electrons. The molecule has 1 unspecified atom stereocenters. The number of carbonyl (C=O) groups is 2. The molecule has 30 heavy (non-hydrogen) atoms. The van der Waals surface area contributed by atoms with Gasteiger partial charge in [0.2, 0.25) is 5.91 Å². The summed E-state index contributed by atoms with van der Waals surface area (Å²) in [7, 11) is -1.29. The molecule has 1 saturated carbocycles. The van der Waals surface area contributed by atoms with E-state index < -0.39 is 10.8 Å². The largest absolute Gasteiger partial charge is 0.331 e. The number of carbonyl (C=O) groups excluding carboxylic acids is 2. The van der Waals surface area contributed by atoms with Crippen LogP contribution in [0.5, 0.6) is 0 Å². The lowest BCUT2D eigenvalue weighted by Crippen LogP contribution is -2.35. The average Bonchev–Trinajstić information content (AvgIpc) is 3.39. The summed E-state index contributed by atoms with van der Waals surface area (Å²) in [6.45, 7) is 9.85. The fourth-order valence-corrected chi connectivity index (χ4v) is 6.18. The van der Waals surface area contributed by atoms with Crippen molar-refractivity contribution in [3.63, 3.8) is 0 Å². The van der Waals surface area contributed by atoms with Gasteiger partial charge in [0.05, 0.1) is 31.8 Å². The maximum absolute atomic E-state index is 13.3. The zero-order valence-electron chi connectivity index (χ0n) is 17.9. The van der Waals surface area contributed by atoms with Gasteiger partial charge in [-0.15, -0.1) is 0 Å². The topological polar surface area (TPSA) is 79.4 Å². The molecular weight excluding hydrogens is 418 g/mol. The number of aryl methyl sites for hydroxylation is 1. The summed E-state index contributed by atoms with van der Waals surface area (Å²) in [6.07, 6.45) is 2.34. The molecule has 2 amide bonds. The number of nitrogens with zero attached hydrogens (tertiary/aromatic N) is 2. The van der Waals surface area contributed by atoms with E-state index in [4.69, 9.17) is 0 Å². The van der Waals surface area contributed by atoms with Gasteiger partial charge in [0.15, 0.2) is 5.13 Å². The van der Waals surface area contributed by atoms with Gasteiger partial charge in [-0.2, -0.15) is 0 Å². The highest BCUT2D eigenvalue weighted by molar-refractivity contribution is 7.85. The van der Waals surface area contributed by atoms with Crippen LogP contribution in [0.2, 0.25) is 0 Å². The first-order chi connectivity index (χ1) is 14.2. The highest BCUT2D eigenvalue weighted by Crippen LogP contribution is 2.42. The molecule has 160 valence electrons. The van der Waals surface area contributed by atoms with E-state index in [-0.39, 0.29) is 23.1 Å². The number of anilines is 1. The Labute approximate surface area is 183 Å². The van der Waals surface area contributed by atoms with Crippen LogP contribution in [0.4, 0.5) is 5.13 Å². The molecule has 2 atom stereocenters. The molecule has 0 spiro atoms. The Hall–Kier alpha value is -2.06. The van der Waals surface area contributed by atoms with E-state index in [1.807, 2.05) is 37.8 Å². The van der Waals surface area contributed by atoms with Crippen LogP contribution < -0.4 is 5.32 Å². The van der Waals surface area contributed by atoms with E-state index in [1.165, 1.54) is 31.1 Å². The molecule has 2 heterocycles. The molecule has 1 aliphatic heterocycles. The number of benzene rings is 1. The van der Waals surface area contributed by atoms with Crippen LogP contribution in [0.1, 0.15) is 62.2 Å². The third kappa shape index (κ3) is 3.83. The number of amides is 2. The number of nitrogens with one attached hydrogen (secondary N) is 1. The Morgan fingerprint density at radius 1 is 1.30 bits per heavy atom. The number of fused-ring (bicyclic) bond motifs is 1. The number of thiazole rings is 1. The molecule has 1 fully saturated rings. The van der Waals surface area contributed by atoms with Gasteiger partial charge in [0.25, 0.3) is 5.91 Å². The molecule has 0 saturated heterocycles. The second kappa shape index (κ2) is 7.89. The fraction of sp³-hybridized carbons (Fsp3) is 0.500. The summed E-state index contributed by atoms with van der Waals surface area (Å²) in [5.74, 6) is 0.409. The van der Waals surface area contributed by atoms with Crippen molar-refractivity contribution in [3.05, 3.63) is 29.0 Å². The molecule has 6 nitrogen and oxygen atoms in total. The smallest absolute Gasteiger partial charge is 0.255 e. The summed E-state index contributed by atoms with van der Waals surface area (Å²) >= 11 is 1.40. The van der Waals surface area contributed by atoms with Crippen LogP contribution in [0.15, 0.2) is 17.0 Å². The van der Waals surface area contributed by atoms with Crippen LogP contribution in [0.3, 0.4) is 0 Å². The minimum Gasteiger partial charge on any atom is -0.331 e. The zero-order valence-corrected chi connectivity index (χ0v) is 19.6. The molecule has 1 aliphatic carbocycles. The first kappa shape index (κ1) is 21.2. The summed E-state index contributed by atoms with van der Waals surface area (Å²) < 4.78 is 13.2. The molecule has 0 bridgehead atoms. The van der Waals surface area contributed by atoms with E-state index in [0.717, 1.165) is 21.7 Å². The normalized spacial score (nSPS) is 17.9. The van der Waals surface area contributed by atoms with E-state index in [1.54, 1.807) is 0 Å². The van der Waals surface area contributed by atoms with E-state index in [0.29, 0.717) is 28.1 Å². The number of hydrogen-bond donors (Lipinski definition) is 1. The zero-order chi connectivity index (χ0) is 21.7. The third-order valence-electron chi connectivity index (χ3n) is 5.78. The van der Waals surface area contributed by atoms with Crippen LogP contribution in [-0.4, -0.2) is 37.2 Å². The SMILES string of the molecule is CC(=O)Nc1nc(C)c(-c2cc3c(c(S(=O)C(C)C)c2)C(=O)N([C@@H](C)C2CC2)C3)s1. The lowest BCUT2D eigenvalue weighted by Gasteiger charge is -2.24. The molecular formula is C22H27N3O3S2. The van der Waals surface area contributed by atoms with Gasteiger partial charge in [-0.25, -0.2) is 4.98 Å². The highest BCUT2D eigenvalue weighted by Gasteiger charge is 2.40. The summed E-state index contributed by atoms with van der Waals surface area (Å²) in [5, 5.41) is 3.19. The number of aromatic nitrogens is 1. The first-order valence-corrected chi connectivity index (χ1v) is 12.3. The van der Waals surface area contributed by atoms with Crippen LogP contribution in [-0.2, 0) is 22.1 Å². The Morgan fingerprint density at radius 3 is 2.60 bits per heavy atom. The maximum atomic E-state index is 13.3. The standard InChI is InChI=1S/C22H27N3O3S2/c1-11(2)30(28)18-9-16(20-12(3)23-22(29-20)24-14(5)26)8-17-10-25(21(27)19(17)18)13(4)15-6-7-15/h8-9,11,13,15H,6-7,10H2,1-5H3,(H,23,24,26)/t13-,30?/m0/s1. The van der Waals surface area contributed by atoms with Gasteiger partial charge in [-0.3, -0.25) is 13.8 Å². The number of hydrogen-bond acceptors (Lipinski definition) is 5. The molecule has 4 rings (SSSR count). The molecule has 1 aromatic heterocycles. The highest BCUT2D eigenvalue weighted by atomic mass is 32.2. The maximum Gasteiger partial charge on any atom is 0.255 e. The summed E-state index contributed by atoms with van der Waals surface area (Å²) in [6, 6.07) is 4.12. The minimum absolute atomic E-state index is 0.0000816. The predicted molar refractivity (Wildman–Crippen MR) is 120 cm³/mol. The molecule has 1 N–H and O–H groups in total. The van der Waals surface area contributed by atoms with Gasteiger partial charge in [-0.1, -0.05) is 25.2 Å². The Morgan fingerprint density at radius 2 is 2.00 bits per heavy atom. The van der Waals surface area contributed by atoms with Gasteiger partial charge < -0.3 is 10.2 Å². The van der Waals surface area contributed by atoms with Gasteiger partial charge in [0, 0.05) is 24.8 Å². The lowest BCUT2D eigenvalue weighted by atomic mass is 10.0. The van der Waals surface area contributed by atoms with E-state index in [2.05, 4.69) is 17.2 Å². The molecule has 2 aromatic rings. The monoisotopic (exact) mass is 445 g/mol. The van der Waals surface area contributed by atoms with Gasteiger partial charge in [0.1, 0.15) is 0 Å². The van der Waals surface area contributed by atoms with Crippen LogP contribution in [0, 0.1) is 12.8 Å². The predicted octanol–water partition coefficient (Wildman–Crippen LogP) is 4.35. The van der Waals surface area contributed by atoms with Crippen LogP contribution >= 0.6 is 11.3 Å². The Bertz CT molecular complexity index is 1060. The van der Waals surface area contributed by atoms with Gasteiger partial charge in [-0.05, 0) is 55.9 Å². The van der Waals surface area contributed by atoms with Crippen LogP contribution in [0.25, 0.3) is 10.4 Å². The second-order valence-electron chi connectivity index (χ2n) is 8.48.